The minimum Gasteiger partial charge on any atom is -0.258 e. The lowest BCUT2D eigenvalue weighted by molar-refractivity contribution is 0.838. The number of thioether (sulfide) groups is 1. The Hall–Kier alpha value is -0.310. The molecule has 0 aromatic rings. The van der Waals surface area contributed by atoms with Crippen LogP contribution < -0.4 is 0 Å². The molecule has 0 rings (SSSR count). The molecule has 0 saturated carbocycles. The molecule has 10 heavy (non-hydrogen) atoms. The highest BCUT2D eigenvalue weighted by Gasteiger charge is 1.92. The van der Waals surface area contributed by atoms with Crippen molar-refractivity contribution < 1.29 is 0 Å². The van der Waals surface area contributed by atoms with Gasteiger partial charge in [0.1, 0.15) is 0 Å². The number of aliphatic imine (C=N–C) groups is 2. The zero-order valence-electron chi connectivity index (χ0n) is 6.96. The smallest absolute Gasteiger partial charge is 0.182 e. The Balaban J connectivity index is 4.04. The van der Waals surface area contributed by atoms with Crippen molar-refractivity contribution in [2.24, 2.45) is 9.98 Å². The average Bonchev–Trinajstić information content (AvgIpc) is 1.86. The van der Waals surface area contributed by atoms with Crippen LogP contribution in [0.3, 0.4) is 0 Å². The summed E-state index contributed by atoms with van der Waals surface area (Å²) in [4.78, 5) is 8.34. The van der Waals surface area contributed by atoms with E-state index in [9.17, 15) is 0 Å². The van der Waals surface area contributed by atoms with Gasteiger partial charge in [0, 0.05) is 12.3 Å². The molecule has 2 nitrogen and oxygen atoms in total. The second kappa shape index (κ2) is 5.47. The van der Waals surface area contributed by atoms with E-state index in [1.54, 1.807) is 18.0 Å². The van der Waals surface area contributed by atoms with E-state index in [0.29, 0.717) is 6.04 Å². The van der Waals surface area contributed by atoms with Gasteiger partial charge in [-0.3, -0.25) is 4.99 Å². The standard InChI is InChI=1S/C7H14N2S/c1-5-8-7(10-4)9-6(2)3/h5-6H,1-4H3. The van der Waals surface area contributed by atoms with Crippen molar-refractivity contribution in [2.75, 3.05) is 6.26 Å². The zero-order chi connectivity index (χ0) is 7.98. The summed E-state index contributed by atoms with van der Waals surface area (Å²) in [5.41, 5.74) is 0. The highest BCUT2D eigenvalue weighted by molar-refractivity contribution is 8.13. The third kappa shape index (κ3) is 4.56. The minimum atomic E-state index is 0.339. The Morgan fingerprint density at radius 1 is 1.50 bits per heavy atom. The van der Waals surface area contributed by atoms with Gasteiger partial charge in [0.25, 0.3) is 0 Å². The molecule has 0 amide bonds. The molecule has 0 bridgehead atoms. The summed E-state index contributed by atoms with van der Waals surface area (Å²) in [7, 11) is 0. The average molecular weight is 158 g/mol. The minimum absolute atomic E-state index is 0.339. The summed E-state index contributed by atoms with van der Waals surface area (Å²) in [5, 5.41) is 0.859. The van der Waals surface area contributed by atoms with Crippen LogP contribution in [0.4, 0.5) is 0 Å². The van der Waals surface area contributed by atoms with Gasteiger partial charge in [0.05, 0.1) is 0 Å². The largest absolute Gasteiger partial charge is 0.258 e. The lowest BCUT2D eigenvalue weighted by Crippen LogP contribution is -1.94. The molecule has 0 atom stereocenters. The Bertz CT molecular complexity index is 139. The van der Waals surface area contributed by atoms with Crippen molar-refractivity contribution in [2.45, 2.75) is 26.8 Å². The first-order valence-electron chi connectivity index (χ1n) is 3.31. The number of rotatable bonds is 1. The molecule has 0 heterocycles. The molecule has 58 valence electrons. The third-order valence-corrected chi connectivity index (χ3v) is 1.37. The van der Waals surface area contributed by atoms with Crippen LogP contribution >= 0.6 is 11.8 Å². The molecule has 0 saturated heterocycles. The Morgan fingerprint density at radius 3 is 2.40 bits per heavy atom. The maximum absolute atomic E-state index is 4.27. The molecular weight excluding hydrogens is 144 g/mol. The first-order valence-corrected chi connectivity index (χ1v) is 4.53. The number of amidine groups is 1. The van der Waals surface area contributed by atoms with Gasteiger partial charge in [0.15, 0.2) is 5.17 Å². The molecule has 0 aliphatic carbocycles. The SMILES string of the molecule is CC=NC(=NC(C)C)SC. The normalized spacial score (nSPS) is 13.5. The number of hydrogen-bond acceptors (Lipinski definition) is 2. The van der Waals surface area contributed by atoms with Crippen molar-refractivity contribution in [3.05, 3.63) is 0 Å². The molecule has 0 spiro atoms. The molecule has 0 aromatic carbocycles. The van der Waals surface area contributed by atoms with E-state index < -0.39 is 0 Å². The quantitative estimate of drug-likeness (QED) is 0.424. The zero-order valence-corrected chi connectivity index (χ0v) is 7.77. The Labute approximate surface area is 66.8 Å². The van der Waals surface area contributed by atoms with E-state index in [1.165, 1.54) is 0 Å². The van der Waals surface area contributed by atoms with Crippen LogP contribution in [0.2, 0.25) is 0 Å². The molecule has 0 radical (unpaired) electrons. The summed E-state index contributed by atoms with van der Waals surface area (Å²) in [5.74, 6) is 0. The van der Waals surface area contributed by atoms with E-state index in [0.717, 1.165) is 5.17 Å². The molecule has 0 aliphatic heterocycles. The van der Waals surface area contributed by atoms with Crippen LogP contribution in [0, 0.1) is 0 Å². The van der Waals surface area contributed by atoms with E-state index >= 15 is 0 Å². The van der Waals surface area contributed by atoms with Crippen LogP contribution in [-0.2, 0) is 0 Å². The molecule has 3 heteroatoms. The van der Waals surface area contributed by atoms with Crippen LogP contribution in [-0.4, -0.2) is 23.7 Å². The molecular formula is C7H14N2S. The van der Waals surface area contributed by atoms with Gasteiger partial charge in [-0.1, -0.05) is 11.8 Å². The van der Waals surface area contributed by atoms with Gasteiger partial charge in [-0.15, -0.1) is 0 Å². The lowest BCUT2D eigenvalue weighted by Gasteiger charge is -1.97. The lowest BCUT2D eigenvalue weighted by atomic mass is 10.4. The monoisotopic (exact) mass is 158 g/mol. The van der Waals surface area contributed by atoms with Crippen molar-refractivity contribution in [3.8, 4) is 0 Å². The number of nitrogens with zero attached hydrogens (tertiary/aromatic N) is 2. The fourth-order valence-corrected chi connectivity index (χ4v) is 0.997. The fraction of sp³-hybridized carbons (Fsp3) is 0.714. The molecule has 0 aromatic heterocycles. The van der Waals surface area contributed by atoms with Crippen molar-refractivity contribution >= 4 is 23.1 Å². The van der Waals surface area contributed by atoms with Crippen LogP contribution in [0.15, 0.2) is 9.98 Å². The predicted molar refractivity (Wildman–Crippen MR) is 50.3 cm³/mol. The van der Waals surface area contributed by atoms with E-state index in [4.69, 9.17) is 0 Å². The van der Waals surface area contributed by atoms with E-state index in [1.807, 2.05) is 27.0 Å². The highest BCUT2D eigenvalue weighted by atomic mass is 32.2. The van der Waals surface area contributed by atoms with Crippen molar-refractivity contribution in [1.82, 2.24) is 0 Å². The van der Waals surface area contributed by atoms with Crippen LogP contribution in [0.25, 0.3) is 0 Å². The van der Waals surface area contributed by atoms with E-state index in [2.05, 4.69) is 9.98 Å². The molecule has 0 fully saturated rings. The Morgan fingerprint density at radius 2 is 2.10 bits per heavy atom. The highest BCUT2D eigenvalue weighted by Crippen LogP contribution is 2.01. The second-order valence-electron chi connectivity index (χ2n) is 2.10. The maximum atomic E-state index is 4.27. The summed E-state index contributed by atoms with van der Waals surface area (Å²) < 4.78 is 0. The summed E-state index contributed by atoms with van der Waals surface area (Å²) >= 11 is 1.57. The van der Waals surface area contributed by atoms with Gasteiger partial charge in [-0.05, 0) is 27.0 Å². The maximum Gasteiger partial charge on any atom is 0.182 e. The van der Waals surface area contributed by atoms with Gasteiger partial charge >= 0.3 is 0 Å². The van der Waals surface area contributed by atoms with Crippen LogP contribution in [0.5, 0.6) is 0 Å². The third-order valence-electron chi connectivity index (χ3n) is 0.791. The molecule has 0 aliphatic rings. The molecule has 0 unspecified atom stereocenters. The summed E-state index contributed by atoms with van der Waals surface area (Å²) in [6.07, 6.45) is 3.74. The van der Waals surface area contributed by atoms with Gasteiger partial charge in [-0.25, -0.2) is 4.99 Å². The van der Waals surface area contributed by atoms with Crippen molar-refractivity contribution in [3.63, 3.8) is 0 Å². The molecule has 0 N–H and O–H groups in total. The topological polar surface area (TPSA) is 24.7 Å². The predicted octanol–water partition coefficient (Wildman–Crippen LogP) is 2.20. The number of hydrogen-bond donors (Lipinski definition) is 0. The van der Waals surface area contributed by atoms with Gasteiger partial charge in [-0.2, -0.15) is 0 Å². The Kier molecular flexibility index (Phi) is 5.30. The fourth-order valence-electron chi connectivity index (χ4n) is 0.470. The van der Waals surface area contributed by atoms with Crippen LogP contribution in [0.1, 0.15) is 20.8 Å². The first kappa shape index (κ1) is 9.69. The van der Waals surface area contributed by atoms with Gasteiger partial charge in [0.2, 0.25) is 0 Å². The van der Waals surface area contributed by atoms with E-state index in [-0.39, 0.29) is 0 Å². The summed E-state index contributed by atoms with van der Waals surface area (Å²) in [6.45, 7) is 5.98. The van der Waals surface area contributed by atoms with Crippen molar-refractivity contribution in [1.29, 1.82) is 0 Å². The summed E-state index contributed by atoms with van der Waals surface area (Å²) in [6, 6.07) is 0.339. The second-order valence-corrected chi connectivity index (χ2v) is 2.87. The van der Waals surface area contributed by atoms with Gasteiger partial charge < -0.3 is 0 Å². The first-order chi connectivity index (χ1) is 4.70.